The van der Waals surface area contributed by atoms with Crippen LogP contribution in [0.1, 0.15) is 23.5 Å². The van der Waals surface area contributed by atoms with Gasteiger partial charge in [0.2, 0.25) is 0 Å². The molecule has 0 aliphatic heterocycles. The largest absolute Gasteiger partial charge is 0.318 e. The lowest BCUT2D eigenvalue weighted by Crippen LogP contribution is -2.26. The number of aryl methyl sites for hydroxylation is 1. The summed E-state index contributed by atoms with van der Waals surface area (Å²) in [5, 5.41) is 6.75. The van der Waals surface area contributed by atoms with E-state index in [0.29, 0.717) is 0 Å². The Morgan fingerprint density at radius 1 is 1.24 bits per heavy atom. The zero-order valence-corrected chi connectivity index (χ0v) is 10.6. The van der Waals surface area contributed by atoms with Crippen molar-refractivity contribution in [3.05, 3.63) is 35.4 Å². The minimum atomic E-state index is 0.863. The van der Waals surface area contributed by atoms with E-state index >= 15 is 0 Å². The molecule has 0 amide bonds. The molecular formula is C15H22N2. The minimum absolute atomic E-state index is 0.863. The summed E-state index contributed by atoms with van der Waals surface area (Å²) in [6.45, 7) is 3.36. The summed E-state index contributed by atoms with van der Waals surface area (Å²) < 4.78 is 0. The lowest BCUT2D eigenvalue weighted by atomic mass is 9.92. The summed E-state index contributed by atoms with van der Waals surface area (Å²) in [7, 11) is 2.01. The van der Waals surface area contributed by atoms with Crippen LogP contribution in [0.2, 0.25) is 0 Å². The van der Waals surface area contributed by atoms with Gasteiger partial charge >= 0.3 is 0 Å². The molecule has 0 saturated heterocycles. The van der Waals surface area contributed by atoms with Gasteiger partial charge in [-0.15, -0.1) is 0 Å². The van der Waals surface area contributed by atoms with Crippen molar-refractivity contribution in [2.45, 2.75) is 18.8 Å². The molecule has 92 valence electrons. The van der Waals surface area contributed by atoms with Crippen molar-refractivity contribution in [1.82, 2.24) is 10.6 Å². The number of likely N-dealkylation sites (N-methyl/N-ethyl adjacent to an activating group) is 1. The number of fused-ring (bicyclic) bond motifs is 3. The van der Waals surface area contributed by atoms with Crippen LogP contribution in [0.15, 0.2) is 24.3 Å². The van der Waals surface area contributed by atoms with E-state index < -0.39 is 0 Å². The van der Waals surface area contributed by atoms with Crippen LogP contribution in [-0.4, -0.2) is 26.7 Å². The van der Waals surface area contributed by atoms with Crippen molar-refractivity contribution >= 4 is 0 Å². The van der Waals surface area contributed by atoms with Crippen molar-refractivity contribution in [3.63, 3.8) is 0 Å². The van der Waals surface area contributed by atoms with Crippen LogP contribution >= 0.6 is 0 Å². The Kier molecular flexibility index (Phi) is 3.17. The predicted octanol–water partition coefficient (Wildman–Crippen LogP) is 1.77. The van der Waals surface area contributed by atoms with E-state index in [2.05, 4.69) is 34.9 Å². The summed E-state index contributed by atoms with van der Waals surface area (Å²) in [4.78, 5) is 0. The summed E-state index contributed by atoms with van der Waals surface area (Å²) >= 11 is 0. The minimum Gasteiger partial charge on any atom is -0.318 e. The van der Waals surface area contributed by atoms with Gasteiger partial charge in [0.25, 0.3) is 0 Å². The highest BCUT2D eigenvalue weighted by Crippen LogP contribution is 2.59. The van der Waals surface area contributed by atoms with Gasteiger partial charge in [0.15, 0.2) is 0 Å². The molecule has 3 atom stereocenters. The first-order chi connectivity index (χ1) is 8.42. The lowest BCUT2D eigenvalue weighted by Gasteiger charge is -2.13. The molecule has 17 heavy (non-hydrogen) atoms. The molecule has 3 rings (SSSR count). The maximum atomic E-state index is 3.57. The molecule has 0 bridgehead atoms. The number of nitrogens with one attached hydrogen (secondary N) is 2. The second-order valence-electron chi connectivity index (χ2n) is 5.40. The molecule has 1 fully saturated rings. The van der Waals surface area contributed by atoms with Crippen molar-refractivity contribution in [2.24, 2.45) is 11.8 Å². The molecule has 3 unspecified atom stereocenters. The Labute approximate surface area is 104 Å². The molecule has 2 nitrogen and oxygen atoms in total. The Hall–Kier alpha value is -0.860. The molecule has 2 N–H and O–H groups in total. The Morgan fingerprint density at radius 2 is 2.12 bits per heavy atom. The van der Waals surface area contributed by atoms with Gasteiger partial charge in [-0.05, 0) is 55.3 Å². The molecule has 2 aliphatic carbocycles. The average Bonchev–Trinajstić information content (AvgIpc) is 3.09. The maximum absolute atomic E-state index is 3.57. The van der Waals surface area contributed by atoms with Crippen molar-refractivity contribution in [2.75, 3.05) is 26.7 Å². The third-order valence-corrected chi connectivity index (χ3v) is 4.42. The van der Waals surface area contributed by atoms with Crippen LogP contribution in [0.5, 0.6) is 0 Å². The number of hydrogen-bond donors (Lipinski definition) is 2. The second-order valence-corrected chi connectivity index (χ2v) is 5.40. The van der Waals surface area contributed by atoms with E-state index in [-0.39, 0.29) is 0 Å². The van der Waals surface area contributed by atoms with Crippen molar-refractivity contribution < 1.29 is 0 Å². The summed E-state index contributed by atoms with van der Waals surface area (Å²) in [5.41, 5.74) is 3.25. The Bertz CT molecular complexity index is 388. The normalized spacial score (nSPS) is 29.6. The van der Waals surface area contributed by atoms with Crippen LogP contribution < -0.4 is 10.6 Å². The first-order valence-corrected chi connectivity index (χ1v) is 6.85. The predicted molar refractivity (Wildman–Crippen MR) is 71.3 cm³/mol. The highest BCUT2D eigenvalue weighted by molar-refractivity contribution is 5.39. The quantitative estimate of drug-likeness (QED) is 0.753. The van der Waals surface area contributed by atoms with Gasteiger partial charge < -0.3 is 10.6 Å². The Morgan fingerprint density at radius 3 is 3.00 bits per heavy atom. The van der Waals surface area contributed by atoms with E-state index in [1.54, 1.807) is 11.1 Å². The molecule has 0 radical (unpaired) electrons. The molecule has 0 aromatic heterocycles. The van der Waals surface area contributed by atoms with Gasteiger partial charge in [0.1, 0.15) is 0 Å². The average molecular weight is 230 g/mol. The first kappa shape index (κ1) is 11.2. The number of hydrogen-bond acceptors (Lipinski definition) is 2. The van der Waals surface area contributed by atoms with E-state index in [1.165, 1.54) is 19.4 Å². The third-order valence-electron chi connectivity index (χ3n) is 4.42. The fourth-order valence-electron chi connectivity index (χ4n) is 3.47. The third kappa shape index (κ3) is 2.12. The second kappa shape index (κ2) is 4.79. The maximum Gasteiger partial charge on any atom is 0.00767 e. The smallest absolute Gasteiger partial charge is 0.00767 e. The van der Waals surface area contributed by atoms with E-state index in [4.69, 9.17) is 0 Å². The molecule has 1 aromatic rings. The zero-order valence-electron chi connectivity index (χ0n) is 10.6. The summed E-state index contributed by atoms with van der Waals surface area (Å²) in [5.74, 6) is 2.73. The van der Waals surface area contributed by atoms with Gasteiger partial charge in [-0.25, -0.2) is 0 Å². The summed E-state index contributed by atoms with van der Waals surface area (Å²) in [6, 6.07) is 9.04. The van der Waals surface area contributed by atoms with E-state index in [9.17, 15) is 0 Å². The standard InChI is InChI=1S/C15H22N2/c1-16-8-9-17-10-14-13-7-6-11-4-2-3-5-12(11)15(13)14/h2-5,13-17H,6-10H2,1H3. The van der Waals surface area contributed by atoms with Gasteiger partial charge in [0, 0.05) is 13.1 Å². The number of benzene rings is 1. The number of rotatable bonds is 5. The van der Waals surface area contributed by atoms with E-state index in [1.807, 2.05) is 7.05 Å². The molecule has 2 heteroatoms. The fourth-order valence-corrected chi connectivity index (χ4v) is 3.47. The molecule has 1 aromatic carbocycles. The van der Waals surface area contributed by atoms with Gasteiger partial charge in [-0.2, -0.15) is 0 Å². The topological polar surface area (TPSA) is 24.1 Å². The first-order valence-electron chi connectivity index (χ1n) is 6.85. The van der Waals surface area contributed by atoms with Crippen LogP contribution in [0.3, 0.4) is 0 Å². The molecule has 2 aliphatic rings. The van der Waals surface area contributed by atoms with Crippen molar-refractivity contribution in [1.29, 1.82) is 0 Å². The van der Waals surface area contributed by atoms with Gasteiger partial charge in [-0.3, -0.25) is 0 Å². The molecule has 0 heterocycles. The monoisotopic (exact) mass is 230 g/mol. The van der Waals surface area contributed by atoms with Crippen molar-refractivity contribution in [3.8, 4) is 0 Å². The molecule has 0 spiro atoms. The van der Waals surface area contributed by atoms with E-state index in [0.717, 1.165) is 30.8 Å². The van der Waals surface area contributed by atoms with Gasteiger partial charge in [-0.1, -0.05) is 24.3 Å². The van der Waals surface area contributed by atoms with Crippen LogP contribution in [0.4, 0.5) is 0 Å². The van der Waals surface area contributed by atoms with Gasteiger partial charge in [0.05, 0.1) is 0 Å². The van der Waals surface area contributed by atoms with Crippen LogP contribution in [0, 0.1) is 11.8 Å². The Balaban J connectivity index is 1.59. The van der Waals surface area contributed by atoms with Crippen LogP contribution in [0.25, 0.3) is 0 Å². The SMILES string of the molecule is CNCCNCC1C2CCc3ccccc3C21. The highest BCUT2D eigenvalue weighted by Gasteiger charge is 2.52. The fraction of sp³-hybridized carbons (Fsp3) is 0.600. The summed E-state index contributed by atoms with van der Waals surface area (Å²) in [6.07, 6.45) is 2.70. The molecular weight excluding hydrogens is 208 g/mol. The van der Waals surface area contributed by atoms with Crippen LogP contribution in [-0.2, 0) is 6.42 Å². The lowest BCUT2D eigenvalue weighted by molar-refractivity contribution is 0.571. The zero-order chi connectivity index (χ0) is 11.7. The molecule has 1 saturated carbocycles. The highest BCUT2D eigenvalue weighted by atomic mass is 14.9.